The van der Waals surface area contributed by atoms with Gasteiger partial charge in [0.2, 0.25) is 0 Å². The molecular formula is C15H30O4. The SMILES string of the molecule is CCCCCCCCCCCCOCCOC(=O)O. The number of ether oxygens (including phenoxy) is 2. The van der Waals surface area contributed by atoms with Crippen molar-refractivity contribution in [3.8, 4) is 0 Å². The van der Waals surface area contributed by atoms with Gasteiger partial charge in [-0.3, -0.25) is 0 Å². The lowest BCUT2D eigenvalue weighted by molar-refractivity contribution is 0.0467. The van der Waals surface area contributed by atoms with Crippen LogP contribution in [0.25, 0.3) is 0 Å². The van der Waals surface area contributed by atoms with E-state index in [-0.39, 0.29) is 6.61 Å². The number of hydrogen-bond donors (Lipinski definition) is 1. The Morgan fingerprint density at radius 2 is 1.32 bits per heavy atom. The van der Waals surface area contributed by atoms with E-state index < -0.39 is 6.16 Å². The first-order chi connectivity index (χ1) is 9.27. The van der Waals surface area contributed by atoms with Crippen LogP contribution >= 0.6 is 0 Å². The van der Waals surface area contributed by atoms with Gasteiger partial charge in [-0.05, 0) is 6.42 Å². The average Bonchev–Trinajstić information content (AvgIpc) is 2.39. The molecule has 0 aliphatic carbocycles. The first kappa shape index (κ1) is 18.2. The van der Waals surface area contributed by atoms with Crippen LogP contribution in [0, 0.1) is 0 Å². The van der Waals surface area contributed by atoms with Gasteiger partial charge in [0.15, 0.2) is 0 Å². The average molecular weight is 274 g/mol. The fourth-order valence-corrected chi connectivity index (χ4v) is 1.98. The van der Waals surface area contributed by atoms with E-state index in [1.807, 2.05) is 0 Å². The highest BCUT2D eigenvalue weighted by Gasteiger charge is 1.96. The van der Waals surface area contributed by atoms with Crippen LogP contribution in [-0.2, 0) is 9.47 Å². The normalized spacial score (nSPS) is 10.6. The molecule has 0 fully saturated rings. The van der Waals surface area contributed by atoms with Gasteiger partial charge in [0, 0.05) is 6.61 Å². The third-order valence-corrected chi connectivity index (χ3v) is 3.10. The van der Waals surface area contributed by atoms with Gasteiger partial charge in [-0.2, -0.15) is 0 Å². The van der Waals surface area contributed by atoms with E-state index in [2.05, 4.69) is 11.7 Å². The highest BCUT2D eigenvalue weighted by molar-refractivity contribution is 5.56. The van der Waals surface area contributed by atoms with Gasteiger partial charge in [-0.25, -0.2) is 4.79 Å². The summed E-state index contributed by atoms with van der Waals surface area (Å²) < 4.78 is 9.60. The minimum Gasteiger partial charge on any atom is -0.450 e. The second-order valence-corrected chi connectivity index (χ2v) is 4.91. The predicted octanol–water partition coefficient (Wildman–Crippen LogP) is 4.62. The minimum atomic E-state index is -1.23. The molecular weight excluding hydrogens is 244 g/mol. The van der Waals surface area contributed by atoms with Crippen molar-refractivity contribution in [1.82, 2.24) is 0 Å². The van der Waals surface area contributed by atoms with Gasteiger partial charge >= 0.3 is 6.16 Å². The quantitative estimate of drug-likeness (QED) is 0.371. The molecule has 0 heterocycles. The molecule has 0 unspecified atom stereocenters. The lowest BCUT2D eigenvalue weighted by atomic mass is 10.1. The van der Waals surface area contributed by atoms with Crippen LogP contribution in [0.4, 0.5) is 4.79 Å². The second kappa shape index (κ2) is 15.3. The summed E-state index contributed by atoms with van der Waals surface area (Å²) in [5.74, 6) is 0. The van der Waals surface area contributed by atoms with Crippen molar-refractivity contribution < 1.29 is 19.4 Å². The van der Waals surface area contributed by atoms with Crippen LogP contribution in [0.2, 0.25) is 0 Å². The summed E-state index contributed by atoms with van der Waals surface area (Å²) >= 11 is 0. The van der Waals surface area contributed by atoms with Gasteiger partial charge in [-0.15, -0.1) is 0 Å². The maximum absolute atomic E-state index is 10.0. The second-order valence-electron chi connectivity index (χ2n) is 4.91. The summed E-state index contributed by atoms with van der Waals surface area (Å²) in [6.45, 7) is 3.45. The Morgan fingerprint density at radius 1 is 0.789 bits per heavy atom. The minimum absolute atomic E-state index is 0.132. The van der Waals surface area contributed by atoms with Crippen molar-refractivity contribution in [2.45, 2.75) is 71.1 Å². The number of hydrogen-bond acceptors (Lipinski definition) is 3. The van der Waals surface area contributed by atoms with E-state index in [0.29, 0.717) is 13.2 Å². The monoisotopic (exact) mass is 274 g/mol. The zero-order valence-electron chi connectivity index (χ0n) is 12.4. The molecule has 0 amide bonds. The summed E-state index contributed by atoms with van der Waals surface area (Å²) in [5, 5.41) is 8.23. The fourth-order valence-electron chi connectivity index (χ4n) is 1.98. The molecule has 0 spiro atoms. The third kappa shape index (κ3) is 17.2. The molecule has 4 nitrogen and oxygen atoms in total. The van der Waals surface area contributed by atoms with Crippen LogP contribution in [0.3, 0.4) is 0 Å². The maximum Gasteiger partial charge on any atom is 0.505 e. The molecule has 1 N–H and O–H groups in total. The first-order valence-corrected chi connectivity index (χ1v) is 7.70. The summed E-state index contributed by atoms with van der Waals surface area (Å²) in [6.07, 6.45) is 11.8. The lowest BCUT2D eigenvalue weighted by Gasteiger charge is -2.04. The molecule has 4 heteroatoms. The van der Waals surface area contributed by atoms with Gasteiger partial charge < -0.3 is 14.6 Å². The van der Waals surface area contributed by atoms with Crippen molar-refractivity contribution in [1.29, 1.82) is 0 Å². The molecule has 19 heavy (non-hydrogen) atoms. The highest BCUT2D eigenvalue weighted by atomic mass is 16.7. The molecule has 0 aliphatic heterocycles. The Labute approximate surface area is 117 Å². The van der Waals surface area contributed by atoms with E-state index in [4.69, 9.17) is 9.84 Å². The Kier molecular flexibility index (Phi) is 14.7. The molecule has 0 aliphatic rings. The molecule has 114 valence electrons. The number of carboxylic acid groups (broad SMARTS) is 1. The lowest BCUT2D eigenvalue weighted by Crippen LogP contribution is -2.08. The Hall–Kier alpha value is -0.770. The van der Waals surface area contributed by atoms with E-state index in [1.165, 1.54) is 57.8 Å². The smallest absolute Gasteiger partial charge is 0.450 e. The largest absolute Gasteiger partial charge is 0.505 e. The number of rotatable bonds is 14. The predicted molar refractivity (Wildman–Crippen MR) is 76.6 cm³/mol. The number of carbonyl (C=O) groups is 1. The first-order valence-electron chi connectivity index (χ1n) is 7.70. The number of unbranched alkanes of at least 4 members (excludes halogenated alkanes) is 9. The molecule has 0 saturated carbocycles. The van der Waals surface area contributed by atoms with Crippen molar-refractivity contribution in [3.63, 3.8) is 0 Å². The van der Waals surface area contributed by atoms with Crippen LogP contribution in [0.15, 0.2) is 0 Å². The fraction of sp³-hybridized carbons (Fsp3) is 0.933. The van der Waals surface area contributed by atoms with E-state index in [1.54, 1.807) is 0 Å². The van der Waals surface area contributed by atoms with Crippen LogP contribution < -0.4 is 0 Å². The Morgan fingerprint density at radius 3 is 1.84 bits per heavy atom. The van der Waals surface area contributed by atoms with Gasteiger partial charge in [-0.1, -0.05) is 64.7 Å². The van der Waals surface area contributed by atoms with E-state index in [0.717, 1.165) is 6.42 Å². The van der Waals surface area contributed by atoms with Gasteiger partial charge in [0.05, 0.1) is 6.61 Å². The van der Waals surface area contributed by atoms with Crippen LogP contribution in [0.1, 0.15) is 71.1 Å². The molecule has 0 aromatic heterocycles. The summed E-state index contributed by atoms with van der Waals surface area (Å²) in [4.78, 5) is 10.0. The zero-order valence-corrected chi connectivity index (χ0v) is 12.4. The molecule has 0 atom stereocenters. The molecule has 0 rings (SSSR count). The molecule has 0 radical (unpaired) electrons. The molecule has 0 bridgehead atoms. The maximum atomic E-state index is 10.0. The van der Waals surface area contributed by atoms with Gasteiger partial charge in [0.25, 0.3) is 0 Å². The standard InChI is InChI=1S/C15H30O4/c1-2-3-4-5-6-7-8-9-10-11-12-18-13-14-19-15(16)17/h2-14H2,1H3,(H,16,17). The third-order valence-electron chi connectivity index (χ3n) is 3.10. The van der Waals surface area contributed by atoms with Crippen molar-refractivity contribution in [2.75, 3.05) is 19.8 Å². The van der Waals surface area contributed by atoms with Gasteiger partial charge in [0.1, 0.15) is 6.61 Å². The van der Waals surface area contributed by atoms with Crippen LogP contribution in [-0.4, -0.2) is 31.1 Å². The molecule has 0 aromatic rings. The topological polar surface area (TPSA) is 55.8 Å². The van der Waals surface area contributed by atoms with E-state index >= 15 is 0 Å². The summed E-state index contributed by atoms with van der Waals surface area (Å²) in [6, 6.07) is 0. The van der Waals surface area contributed by atoms with Crippen LogP contribution in [0.5, 0.6) is 0 Å². The van der Waals surface area contributed by atoms with Crippen molar-refractivity contribution in [3.05, 3.63) is 0 Å². The Balaban J connectivity index is 2.93. The highest BCUT2D eigenvalue weighted by Crippen LogP contribution is 2.10. The zero-order chi connectivity index (χ0) is 14.2. The summed E-state index contributed by atoms with van der Waals surface area (Å²) in [5.41, 5.74) is 0. The summed E-state index contributed by atoms with van der Waals surface area (Å²) in [7, 11) is 0. The molecule has 0 aromatic carbocycles. The Bertz CT molecular complexity index is 195. The van der Waals surface area contributed by atoms with E-state index in [9.17, 15) is 4.79 Å². The van der Waals surface area contributed by atoms with Crippen molar-refractivity contribution >= 4 is 6.16 Å². The van der Waals surface area contributed by atoms with Crippen molar-refractivity contribution in [2.24, 2.45) is 0 Å². The molecule has 0 saturated heterocycles.